The lowest BCUT2D eigenvalue weighted by molar-refractivity contribution is 0.114. The second kappa shape index (κ2) is 7.43. The van der Waals surface area contributed by atoms with Gasteiger partial charge in [-0.3, -0.25) is 0 Å². The number of nitrogens with one attached hydrogen (secondary N) is 1. The maximum atomic E-state index is 12.0. The summed E-state index contributed by atoms with van der Waals surface area (Å²) in [6.07, 6.45) is 2.06. The minimum atomic E-state index is -3.31. The van der Waals surface area contributed by atoms with Crippen LogP contribution in [0.4, 0.5) is 0 Å². The van der Waals surface area contributed by atoms with E-state index in [1.807, 2.05) is 0 Å². The molecule has 1 rings (SSSR count). The monoisotopic (exact) mass is 278 g/mol. The fraction of sp³-hybridized carbons (Fsp3) is 1.00. The van der Waals surface area contributed by atoms with Crippen molar-refractivity contribution < 1.29 is 13.2 Å². The predicted octanol–water partition coefficient (Wildman–Crippen LogP) is 1.23. The lowest BCUT2D eigenvalue weighted by Gasteiger charge is -2.29. The summed E-state index contributed by atoms with van der Waals surface area (Å²) in [7, 11) is -3.31. The van der Waals surface area contributed by atoms with Gasteiger partial charge in [-0.2, -0.15) is 17.4 Å². The zero-order valence-corrected chi connectivity index (χ0v) is 12.5. The third-order valence-corrected chi connectivity index (χ3v) is 4.52. The van der Waals surface area contributed by atoms with Crippen molar-refractivity contribution in [3.05, 3.63) is 0 Å². The Bertz CT molecular complexity index is 330. The van der Waals surface area contributed by atoms with E-state index in [1.165, 1.54) is 0 Å². The molecule has 1 fully saturated rings. The molecule has 1 saturated heterocycles. The zero-order chi connectivity index (χ0) is 13.6. The normalized spacial score (nSPS) is 22.6. The van der Waals surface area contributed by atoms with Crippen molar-refractivity contribution in [3.63, 3.8) is 0 Å². The Kier molecular flexibility index (Phi) is 6.55. The molecule has 0 aromatic carbocycles. The molecule has 0 spiro atoms. The number of rotatable bonds is 7. The Labute approximate surface area is 111 Å². The van der Waals surface area contributed by atoms with Crippen LogP contribution in [0.25, 0.3) is 0 Å². The molecule has 0 amide bonds. The maximum absolute atomic E-state index is 12.0. The van der Waals surface area contributed by atoms with Crippen molar-refractivity contribution >= 4 is 10.2 Å². The Morgan fingerprint density at radius 3 is 2.78 bits per heavy atom. The van der Waals surface area contributed by atoms with E-state index in [0.29, 0.717) is 44.7 Å². The van der Waals surface area contributed by atoms with Crippen LogP contribution >= 0.6 is 0 Å². The highest BCUT2D eigenvalue weighted by Gasteiger charge is 2.26. The molecule has 5 nitrogen and oxygen atoms in total. The molecule has 1 aliphatic rings. The third kappa shape index (κ3) is 5.65. The molecular weight excluding hydrogens is 252 g/mol. The Morgan fingerprint density at radius 2 is 2.17 bits per heavy atom. The van der Waals surface area contributed by atoms with E-state index in [-0.39, 0.29) is 0 Å². The first-order valence-electron chi connectivity index (χ1n) is 6.74. The Morgan fingerprint density at radius 1 is 1.44 bits per heavy atom. The first-order valence-corrected chi connectivity index (χ1v) is 8.18. The summed E-state index contributed by atoms with van der Waals surface area (Å²) in [6, 6.07) is 0. The van der Waals surface area contributed by atoms with Gasteiger partial charge in [-0.15, -0.1) is 0 Å². The van der Waals surface area contributed by atoms with Gasteiger partial charge in [0, 0.05) is 26.2 Å². The molecule has 0 saturated carbocycles. The second-order valence-electron chi connectivity index (χ2n) is 5.47. The average Bonchev–Trinajstić information content (AvgIpc) is 2.28. The van der Waals surface area contributed by atoms with Crippen LogP contribution in [0.15, 0.2) is 0 Å². The molecule has 1 aliphatic heterocycles. The van der Waals surface area contributed by atoms with Gasteiger partial charge in [0.25, 0.3) is 10.2 Å². The standard InChI is InChI=1S/C12H26N2O3S/c1-11(2)10-17-8-6-13-18(15,16)14-7-4-5-12(3)9-14/h11-13H,4-10H2,1-3H3. The van der Waals surface area contributed by atoms with Crippen molar-refractivity contribution in [1.82, 2.24) is 9.03 Å². The van der Waals surface area contributed by atoms with Crippen LogP contribution in [-0.4, -0.2) is 45.6 Å². The van der Waals surface area contributed by atoms with Crippen molar-refractivity contribution in [2.45, 2.75) is 33.6 Å². The molecular formula is C12H26N2O3S. The summed E-state index contributed by atoms with van der Waals surface area (Å²) in [4.78, 5) is 0. The van der Waals surface area contributed by atoms with Crippen LogP contribution < -0.4 is 4.72 Å². The van der Waals surface area contributed by atoms with E-state index < -0.39 is 10.2 Å². The van der Waals surface area contributed by atoms with Gasteiger partial charge in [-0.05, 0) is 24.7 Å². The van der Waals surface area contributed by atoms with Crippen molar-refractivity contribution in [2.75, 3.05) is 32.8 Å². The molecule has 0 aromatic rings. The fourth-order valence-electron chi connectivity index (χ4n) is 2.02. The molecule has 108 valence electrons. The fourth-order valence-corrected chi connectivity index (χ4v) is 3.36. The SMILES string of the molecule is CC(C)COCCNS(=O)(=O)N1CCCC(C)C1. The molecule has 0 aliphatic carbocycles. The van der Waals surface area contributed by atoms with Gasteiger partial charge >= 0.3 is 0 Å². The molecule has 0 aromatic heterocycles. The highest BCUT2D eigenvalue weighted by molar-refractivity contribution is 7.87. The smallest absolute Gasteiger partial charge is 0.279 e. The number of ether oxygens (including phenoxy) is 1. The minimum Gasteiger partial charge on any atom is -0.380 e. The molecule has 18 heavy (non-hydrogen) atoms. The van der Waals surface area contributed by atoms with E-state index >= 15 is 0 Å². The quantitative estimate of drug-likeness (QED) is 0.713. The molecule has 1 atom stereocenters. The molecule has 1 unspecified atom stereocenters. The molecule has 0 radical (unpaired) electrons. The number of piperidine rings is 1. The zero-order valence-electron chi connectivity index (χ0n) is 11.7. The highest BCUT2D eigenvalue weighted by atomic mass is 32.2. The van der Waals surface area contributed by atoms with Crippen LogP contribution in [0.3, 0.4) is 0 Å². The summed E-state index contributed by atoms with van der Waals surface area (Å²) >= 11 is 0. The van der Waals surface area contributed by atoms with Gasteiger partial charge in [0.2, 0.25) is 0 Å². The third-order valence-electron chi connectivity index (χ3n) is 2.94. The summed E-state index contributed by atoms with van der Waals surface area (Å²) in [6.45, 7) is 8.93. The summed E-state index contributed by atoms with van der Waals surface area (Å²) in [5.74, 6) is 0.928. The Balaban J connectivity index is 2.26. The van der Waals surface area contributed by atoms with E-state index in [2.05, 4.69) is 25.5 Å². The van der Waals surface area contributed by atoms with Gasteiger partial charge in [-0.1, -0.05) is 20.8 Å². The first-order chi connectivity index (χ1) is 8.42. The van der Waals surface area contributed by atoms with Crippen molar-refractivity contribution in [3.8, 4) is 0 Å². The molecule has 1 N–H and O–H groups in total. The maximum Gasteiger partial charge on any atom is 0.279 e. The lowest BCUT2D eigenvalue weighted by Crippen LogP contribution is -2.46. The number of hydrogen-bond acceptors (Lipinski definition) is 3. The van der Waals surface area contributed by atoms with Gasteiger partial charge in [0.05, 0.1) is 6.61 Å². The van der Waals surface area contributed by atoms with E-state index in [0.717, 1.165) is 12.8 Å². The van der Waals surface area contributed by atoms with Crippen LogP contribution in [0, 0.1) is 11.8 Å². The second-order valence-corrected chi connectivity index (χ2v) is 7.23. The van der Waals surface area contributed by atoms with Crippen LogP contribution in [0.2, 0.25) is 0 Å². The van der Waals surface area contributed by atoms with Gasteiger partial charge in [-0.25, -0.2) is 0 Å². The van der Waals surface area contributed by atoms with E-state index in [9.17, 15) is 8.42 Å². The van der Waals surface area contributed by atoms with Crippen molar-refractivity contribution in [1.29, 1.82) is 0 Å². The van der Waals surface area contributed by atoms with Gasteiger partial charge in [0.1, 0.15) is 0 Å². The van der Waals surface area contributed by atoms with Gasteiger partial charge in [0.15, 0.2) is 0 Å². The summed E-state index contributed by atoms with van der Waals surface area (Å²) < 4.78 is 33.5. The molecule has 1 heterocycles. The predicted molar refractivity (Wildman–Crippen MR) is 72.6 cm³/mol. The van der Waals surface area contributed by atoms with Crippen LogP contribution in [0.5, 0.6) is 0 Å². The summed E-state index contributed by atoms with van der Waals surface area (Å²) in [5, 5.41) is 0. The molecule has 0 bridgehead atoms. The summed E-state index contributed by atoms with van der Waals surface area (Å²) in [5.41, 5.74) is 0. The van der Waals surface area contributed by atoms with E-state index in [4.69, 9.17) is 4.74 Å². The first kappa shape index (κ1) is 15.9. The highest BCUT2D eigenvalue weighted by Crippen LogP contribution is 2.17. The topological polar surface area (TPSA) is 58.6 Å². The molecule has 6 heteroatoms. The largest absolute Gasteiger partial charge is 0.380 e. The Hall–Kier alpha value is -0.170. The van der Waals surface area contributed by atoms with Crippen LogP contribution in [0.1, 0.15) is 33.6 Å². The minimum absolute atomic E-state index is 0.347. The number of nitrogens with zero attached hydrogens (tertiary/aromatic N) is 1. The number of hydrogen-bond donors (Lipinski definition) is 1. The van der Waals surface area contributed by atoms with E-state index in [1.54, 1.807) is 4.31 Å². The van der Waals surface area contributed by atoms with Gasteiger partial charge < -0.3 is 4.74 Å². The van der Waals surface area contributed by atoms with Crippen molar-refractivity contribution in [2.24, 2.45) is 11.8 Å². The lowest BCUT2D eigenvalue weighted by atomic mass is 10.0. The average molecular weight is 278 g/mol. The van der Waals surface area contributed by atoms with Crippen LogP contribution in [-0.2, 0) is 14.9 Å².